The maximum atomic E-state index is 13.9. The first-order valence-corrected chi connectivity index (χ1v) is 10.2. The Kier molecular flexibility index (Phi) is 5.98. The number of carbonyl (C=O) groups excluding carboxylic acids is 2. The van der Waals surface area contributed by atoms with Crippen molar-refractivity contribution in [1.82, 2.24) is 4.98 Å². The number of Topliss-reactive ketones (excluding diaryl/α,β-unsaturated/α-hetero) is 1. The molecule has 1 aliphatic heterocycles. The van der Waals surface area contributed by atoms with Gasteiger partial charge in [-0.25, -0.2) is 4.39 Å². The maximum Gasteiger partial charge on any atom is 0.300 e. The zero-order chi connectivity index (χ0) is 22.7. The van der Waals surface area contributed by atoms with Gasteiger partial charge in [-0.3, -0.25) is 19.5 Å². The van der Waals surface area contributed by atoms with Crippen LogP contribution in [-0.4, -0.2) is 28.4 Å². The Morgan fingerprint density at radius 3 is 2.47 bits per heavy atom. The van der Waals surface area contributed by atoms with Crippen LogP contribution in [0.5, 0.6) is 5.75 Å². The van der Waals surface area contributed by atoms with Gasteiger partial charge >= 0.3 is 0 Å². The number of ether oxygens (including phenoxy) is 1. The predicted molar refractivity (Wildman–Crippen MR) is 118 cm³/mol. The van der Waals surface area contributed by atoms with Gasteiger partial charge < -0.3 is 9.84 Å². The molecule has 2 heterocycles. The molecular weight excluding hydrogens is 411 g/mol. The molecule has 162 valence electrons. The SMILES string of the molecule is CCCOc1ccc(/C(O)=C2\C(=O)C(=O)N(c3cccc(F)c3)C2c2ccncc2)cc1. The molecule has 0 saturated carbocycles. The lowest BCUT2D eigenvalue weighted by atomic mass is 9.95. The van der Waals surface area contributed by atoms with Gasteiger partial charge in [-0.2, -0.15) is 0 Å². The summed E-state index contributed by atoms with van der Waals surface area (Å²) in [6.45, 7) is 2.56. The van der Waals surface area contributed by atoms with Crippen molar-refractivity contribution >= 4 is 23.1 Å². The van der Waals surface area contributed by atoms with Gasteiger partial charge in [-0.05, 0) is 66.6 Å². The lowest BCUT2D eigenvalue weighted by Crippen LogP contribution is -2.29. The van der Waals surface area contributed by atoms with E-state index in [2.05, 4.69) is 4.98 Å². The first kappa shape index (κ1) is 21.2. The standard InChI is InChI=1S/C25H21FN2O4/c1-2-14-32-20-8-6-17(7-9-20)23(29)21-22(16-10-12-27-13-11-16)28(25(31)24(21)30)19-5-3-4-18(26)15-19/h3-13,15,22,29H,2,14H2,1H3/b23-21+. The zero-order valence-corrected chi connectivity index (χ0v) is 17.4. The van der Waals surface area contributed by atoms with Gasteiger partial charge in [0.05, 0.1) is 18.2 Å². The number of hydrogen-bond donors (Lipinski definition) is 1. The van der Waals surface area contributed by atoms with Crippen LogP contribution in [0.25, 0.3) is 5.76 Å². The van der Waals surface area contributed by atoms with Gasteiger partial charge in [0.2, 0.25) is 0 Å². The fourth-order valence-electron chi connectivity index (χ4n) is 3.67. The van der Waals surface area contributed by atoms with Crippen molar-refractivity contribution in [2.24, 2.45) is 0 Å². The van der Waals surface area contributed by atoms with Crippen LogP contribution < -0.4 is 9.64 Å². The van der Waals surface area contributed by atoms with Crippen molar-refractivity contribution in [2.45, 2.75) is 19.4 Å². The van der Waals surface area contributed by atoms with E-state index in [1.807, 2.05) is 6.92 Å². The normalized spacial score (nSPS) is 17.6. The van der Waals surface area contributed by atoms with E-state index in [-0.39, 0.29) is 17.0 Å². The summed E-state index contributed by atoms with van der Waals surface area (Å²) in [5.41, 5.74) is 1.07. The molecule has 1 N–H and O–H groups in total. The molecule has 0 aliphatic carbocycles. The number of anilines is 1. The number of aliphatic hydroxyl groups excluding tert-OH is 1. The largest absolute Gasteiger partial charge is 0.507 e. The third kappa shape index (κ3) is 3.97. The molecule has 6 nitrogen and oxygen atoms in total. The summed E-state index contributed by atoms with van der Waals surface area (Å²) < 4.78 is 19.5. The van der Waals surface area contributed by atoms with Crippen LogP contribution in [0.2, 0.25) is 0 Å². The Hall–Kier alpha value is -4.00. The first-order valence-electron chi connectivity index (χ1n) is 10.2. The molecule has 0 spiro atoms. The van der Waals surface area contributed by atoms with Crippen molar-refractivity contribution in [2.75, 3.05) is 11.5 Å². The average molecular weight is 432 g/mol. The van der Waals surface area contributed by atoms with Gasteiger partial charge in [0, 0.05) is 23.6 Å². The van der Waals surface area contributed by atoms with E-state index < -0.39 is 23.5 Å². The fourth-order valence-corrected chi connectivity index (χ4v) is 3.67. The number of aromatic nitrogens is 1. The van der Waals surface area contributed by atoms with Crippen LogP contribution >= 0.6 is 0 Å². The van der Waals surface area contributed by atoms with E-state index in [9.17, 15) is 19.1 Å². The summed E-state index contributed by atoms with van der Waals surface area (Å²) in [4.78, 5) is 31.2. The Balaban J connectivity index is 1.84. The molecule has 2 aromatic carbocycles. The van der Waals surface area contributed by atoms with Gasteiger partial charge in [0.1, 0.15) is 17.3 Å². The predicted octanol–water partition coefficient (Wildman–Crippen LogP) is 4.64. The molecule has 0 radical (unpaired) electrons. The van der Waals surface area contributed by atoms with Crippen molar-refractivity contribution in [1.29, 1.82) is 0 Å². The summed E-state index contributed by atoms with van der Waals surface area (Å²) in [6, 6.07) is 14.4. The minimum absolute atomic E-state index is 0.0762. The number of nitrogens with zero attached hydrogens (tertiary/aromatic N) is 2. The van der Waals surface area contributed by atoms with Gasteiger partial charge in [0.25, 0.3) is 11.7 Å². The van der Waals surface area contributed by atoms with E-state index in [0.717, 1.165) is 6.42 Å². The van der Waals surface area contributed by atoms with Gasteiger partial charge in [-0.1, -0.05) is 13.0 Å². The minimum atomic E-state index is -0.934. The molecule has 32 heavy (non-hydrogen) atoms. The molecule has 1 amide bonds. The van der Waals surface area contributed by atoms with Crippen molar-refractivity contribution in [3.8, 4) is 5.75 Å². The fraction of sp³-hybridized carbons (Fsp3) is 0.160. The molecule has 1 saturated heterocycles. The van der Waals surface area contributed by atoms with E-state index in [0.29, 0.717) is 23.5 Å². The van der Waals surface area contributed by atoms with E-state index in [4.69, 9.17) is 4.74 Å². The smallest absolute Gasteiger partial charge is 0.300 e. The molecular formula is C25H21FN2O4. The average Bonchev–Trinajstić information content (AvgIpc) is 3.08. The molecule has 1 unspecified atom stereocenters. The topological polar surface area (TPSA) is 79.7 Å². The number of rotatable bonds is 6. The molecule has 7 heteroatoms. The van der Waals surface area contributed by atoms with Crippen LogP contribution in [0.15, 0.2) is 78.6 Å². The Morgan fingerprint density at radius 2 is 1.81 bits per heavy atom. The molecule has 4 rings (SSSR count). The number of hydrogen-bond acceptors (Lipinski definition) is 5. The van der Waals surface area contributed by atoms with E-state index in [1.165, 1.54) is 35.5 Å². The van der Waals surface area contributed by atoms with Crippen molar-refractivity contribution in [3.63, 3.8) is 0 Å². The second kappa shape index (κ2) is 9.01. The van der Waals surface area contributed by atoms with Gasteiger partial charge in [0.15, 0.2) is 0 Å². The number of ketones is 1. The highest BCUT2D eigenvalue weighted by Gasteiger charge is 2.47. The number of benzene rings is 2. The number of halogens is 1. The summed E-state index contributed by atoms with van der Waals surface area (Å²) in [5, 5.41) is 11.1. The maximum absolute atomic E-state index is 13.9. The Morgan fingerprint density at radius 1 is 1.09 bits per heavy atom. The second-order valence-corrected chi connectivity index (χ2v) is 7.30. The Bertz CT molecular complexity index is 1180. The number of pyridine rings is 1. The summed E-state index contributed by atoms with van der Waals surface area (Å²) in [6.07, 6.45) is 3.92. The van der Waals surface area contributed by atoms with Crippen LogP contribution in [0, 0.1) is 5.82 Å². The summed E-state index contributed by atoms with van der Waals surface area (Å²) in [7, 11) is 0. The van der Waals surface area contributed by atoms with Crippen LogP contribution in [-0.2, 0) is 9.59 Å². The lowest BCUT2D eigenvalue weighted by Gasteiger charge is -2.25. The number of carbonyl (C=O) groups is 2. The first-order chi connectivity index (χ1) is 15.5. The highest BCUT2D eigenvalue weighted by atomic mass is 19.1. The van der Waals surface area contributed by atoms with Crippen molar-refractivity contribution in [3.05, 3.63) is 95.6 Å². The number of aliphatic hydroxyl groups is 1. The molecule has 1 aromatic heterocycles. The minimum Gasteiger partial charge on any atom is -0.507 e. The summed E-state index contributed by atoms with van der Waals surface area (Å²) >= 11 is 0. The zero-order valence-electron chi connectivity index (χ0n) is 17.4. The molecule has 1 atom stereocenters. The molecule has 3 aromatic rings. The summed E-state index contributed by atoms with van der Waals surface area (Å²) in [5.74, 6) is -1.91. The highest BCUT2D eigenvalue weighted by Crippen LogP contribution is 2.42. The lowest BCUT2D eigenvalue weighted by molar-refractivity contribution is -0.132. The van der Waals surface area contributed by atoms with Crippen molar-refractivity contribution < 1.29 is 23.8 Å². The van der Waals surface area contributed by atoms with Gasteiger partial charge in [-0.15, -0.1) is 0 Å². The molecule has 0 bridgehead atoms. The molecule has 1 aliphatic rings. The van der Waals surface area contributed by atoms with E-state index in [1.54, 1.807) is 42.5 Å². The Labute approximate surface area is 184 Å². The highest BCUT2D eigenvalue weighted by molar-refractivity contribution is 6.51. The third-order valence-corrected chi connectivity index (χ3v) is 5.15. The third-order valence-electron chi connectivity index (χ3n) is 5.15. The number of amides is 1. The molecule has 1 fully saturated rings. The second-order valence-electron chi connectivity index (χ2n) is 7.30. The monoisotopic (exact) mass is 432 g/mol. The van der Waals surface area contributed by atoms with Crippen LogP contribution in [0.4, 0.5) is 10.1 Å². The van der Waals surface area contributed by atoms with Crippen LogP contribution in [0.3, 0.4) is 0 Å². The van der Waals surface area contributed by atoms with E-state index >= 15 is 0 Å². The quantitative estimate of drug-likeness (QED) is 0.349. The van der Waals surface area contributed by atoms with Crippen LogP contribution in [0.1, 0.15) is 30.5 Å².